The van der Waals surface area contributed by atoms with Gasteiger partial charge in [-0.2, -0.15) is 0 Å². The summed E-state index contributed by atoms with van der Waals surface area (Å²) in [5.74, 6) is 0. The molecule has 0 spiro atoms. The zero-order chi connectivity index (χ0) is 11.0. The Morgan fingerprint density at radius 2 is 1.75 bits per heavy atom. The lowest BCUT2D eigenvalue weighted by Gasteiger charge is -2.00. The molecule has 1 heterocycles. The highest BCUT2D eigenvalue weighted by Gasteiger charge is 2.01. The molecule has 2 nitrogen and oxygen atoms in total. The standard InChI is InChI=1S/C13H9NOS/c15-13-14-11-7-6-10(8-12(11)16-13)9-4-2-1-3-5-9/h1-8H,(H,14,15). The number of rotatable bonds is 1. The fraction of sp³-hybridized carbons (Fsp3) is 0. The highest BCUT2D eigenvalue weighted by atomic mass is 32.1. The average molecular weight is 227 g/mol. The van der Waals surface area contributed by atoms with Crippen LogP contribution in [0, 0.1) is 0 Å². The largest absolute Gasteiger partial charge is 0.312 e. The highest BCUT2D eigenvalue weighted by molar-refractivity contribution is 7.16. The number of hydrogen-bond acceptors (Lipinski definition) is 2. The van der Waals surface area contributed by atoms with Crippen LogP contribution in [-0.2, 0) is 0 Å². The van der Waals surface area contributed by atoms with Gasteiger partial charge in [-0.25, -0.2) is 0 Å². The molecule has 0 amide bonds. The molecule has 0 saturated heterocycles. The van der Waals surface area contributed by atoms with Crippen molar-refractivity contribution in [3.63, 3.8) is 0 Å². The van der Waals surface area contributed by atoms with Crippen molar-refractivity contribution in [1.29, 1.82) is 0 Å². The Labute approximate surface area is 96.2 Å². The lowest BCUT2D eigenvalue weighted by molar-refractivity contribution is 1.41. The Bertz CT molecular complexity index is 682. The molecule has 1 aromatic heterocycles. The van der Waals surface area contributed by atoms with E-state index in [9.17, 15) is 4.79 Å². The van der Waals surface area contributed by atoms with Crippen LogP contribution in [0.25, 0.3) is 21.3 Å². The van der Waals surface area contributed by atoms with E-state index in [2.05, 4.69) is 17.1 Å². The molecule has 3 heteroatoms. The van der Waals surface area contributed by atoms with E-state index in [0.29, 0.717) is 0 Å². The lowest BCUT2D eigenvalue weighted by atomic mass is 10.1. The molecule has 3 rings (SSSR count). The van der Waals surface area contributed by atoms with Crippen LogP contribution >= 0.6 is 11.3 Å². The molecule has 1 N–H and O–H groups in total. The van der Waals surface area contributed by atoms with Crippen LogP contribution < -0.4 is 4.87 Å². The molecular formula is C13H9NOS. The van der Waals surface area contributed by atoms with Gasteiger partial charge >= 0.3 is 4.87 Å². The third-order valence-electron chi connectivity index (χ3n) is 2.53. The van der Waals surface area contributed by atoms with E-state index in [-0.39, 0.29) is 4.87 Å². The molecule has 0 aliphatic carbocycles. The number of aromatic nitrogens is 1. The number of hydrogen-bond donors (Lipinski definition) is 1. The van der Waals surface area contributed by atoms with Crippen molar-refractivity contribution >= 4 is 21.6 Å². The topological polar surface area (TPSA) is 32.9 Å². The molecule has 0 radical (unpaired) electrons. The van der Waals surface area contributed by atoms with E-state index in [0.717, 1.165) is 15.8 Å². The summed E-state index contributed by atoms with van der Waals surface area (Å²) in [5.41, 5.74) is 3.23. The first kappa shape index (κ1) is 9.36. The minimum Gasteiger partial charge on any atom is -0.312 e. The molecule has 0 fully saturated rings. The summed E-state index contributed by atoms with van der Waals surface area (Å²) >= 11 is 1.25. The molecule has 0 unspecified atom stereocenters. The summed E-state index contributed by atoms with van der Waals surface area (Å²) in [6.07, 6.45) is 0. The molecule has 0 atom stereocenters. The third kappa shape index (κ3) is 1.55. The van der Waals surface area contributed by atoms with Crippen LogP contribution in [0.15, 0.2) is 53.3 Å². The predicted molar refractivity (Wildman–Crippen MR) is 67.9 cm³/mol. The second-order valence-corrected chi connectivity index (χ2v) is 4.61. The Balaban J connectivity index is 2.22. The van der Waals surface area contributed by atoms with Gasteiger partial charge in [0.05, 0.1) is 10.2 Å². The quantitative estimate of drug-likeness (QED) is 0.680. The van der Waals surface area contributed by atoms with Gasteiger partial charge in [-0.1, -0.05) is 47.7 Å². The molecule has 78 valence electrons. The minimum atomic E-state index is 0.000196. The van der Waals surface area contributed by atoms with Gasteiger partial charge in [-0.05, 0) is 23.3 Å². The number of benzene rings is 2. The Morgan fingerprint density at radius 3 is 2.56 bits per heavy atom. The van der Waals surface area contributed by atoms with Crippen LogP contribution in [0.4, 0.5) is 0 Å². The SMILES string of the molecule is O=c1[nH]c2ccc(-c3ccccc3)cc2s1. The summed E-state index contributed by atoms with van der Waals surface area (Å²) in [4.78, 5) is 14.0. The Hall–Kier alpha value is -1.87. The number of H-pyrrole nitrogens is 1. The van der Waals surface area contributed by atoms with E-state index >= 15 is 0 Å². The molecular weight excluding hydrogens is 218 g/mol. The highest BCUT2D eigenvalue weighted by Crippen LogP contribution is 2.24. The maximum atomic E-state index is 11.2. The van der Waals surface area contributed by atoms with Crippen LogP contribution in [-0.4, -0.2) is 4.98 Å². The van der Waals surface area contributed by atoms with Gasteiger partial charge in [0.1, 0.15) is 0 Å². The summed E-state index contributed by atoms with van der Waals surface area (Å²) < 4.78 is 1.01. The molecule has 0 saturated carbocycles. The van der Waals surface area contributed by atoms with Crippen molar-refractivity contribution in [2.24, 2.45) is 0 Å². The van der Waals surface area contributed by atoms with Crippen LogP contribution in [0.5, 0.6) is 0 Å². The van der Waals surface area contributed by atoms with Crippen molar-refractivity contribution < 1.29 is 0 Å². The van der Waals surface area contributed by atoms with E-state index in [4.69, 9.17) is 0 Å². The molecule has 0 aliphatic heterocycles. The summed E-state index contributed by atoms with van der Waals surface area (Å²) in [5, 5.41) is 0. The second kappa shape index (κ2) is 3.61. The predicted octanol–water partition coefficient (Wildman–Crippen LogP) is 3.26. The van der Waals surface area contributed by atoms with Crippen LogP contribution in [0.3, 0.4) is 0 Å². The van der Waals surface area contributed by atoms with Gasteiger partial charge in [0, 0.05) is 0 Å². The molecule has 2 aromatic carbocycles. The second-order valence-electron chi connectivity index (χ2n) is 3.59. The normalized spacial score (nSPS) is 10.8. The number of thiazole rings is 1. The Morgan fingerprint density at radius 1 is 0.938 bits per heavy atom. The van der Waals surface area contributed by atoms with Crippen molar-refractivity contribution in [2.45, 2.75) is 0 Å². The fourth-order valence-electron chi connectivity index (χ4n) is 1.76. The van der Waals surface area contributed by atoms with Crippen LogP contribution in [0.2, 0.25) is 0 Å². The van der Waals surface area contributed by atoms with Gasteiger partial charge in [0.25, 0.3) is 0 Å². The van der Waals surface area contributed by atoms with Gasteiger partial charge in [0.2, 0.25) is 0 Å². The first-order valence-electron chi connectivity index (χ1n) is 5.01. The molecule has 3 aromatic rings. The zero-order valence-corrected chi connectivity index (χ0v) is 9.25. The van der Waals surface area contributed by atoms with Crippen LogP contribution in [0.1, 0.15) is 0 Å². The van der Waals surface area contributed by atoms with Gasteiger partial charge in [-0.15, -0.1) is 0 Å². The first-order chi connectivity index (χ1) is 7.83. The van der Waals surface area contributed by atoms with Gasteiger partial charge in [-0.3, -0.25) is 4.79 Å². The van der Waals surface area contributed by atoms with Gasteiger partial charge < -0.3 is 4.98 Å². The summed E-state index contributed by atoms with van der Waals surface area (Å²) in [7, 11) is 0. The summed E-state index contributed by atoms with van der Waals surface area (Å²) in [6, 6.07) is 16.2. The van der Waals surface area contributed by atoms with E-state index in [1.165, 1.54) is 16.9 Å². The van der Waals surface area contributed by atoms with E-state index in [1.54, 1.807) is 0 Å². The van der Waals surface area contributed by atoms with Crippen molar-refractivity contribution in [1.82, 2.24) is 4.98 Å². The van der Waals surface area contributed by atoms with Gasteiger partial charge in [0.15, 0.2) is 0 Å². The summed E-state index contributed by atoms with van der Waals surface area (Å²) in [6.45, 7) is 0. The third-order valence-corrected chi connectivity index (χ3v) is 3.37. The first-order valence-corrected chi connectivity index (χ1v) is 5.83. The lowest BCUT2D eigenvalue weighted by Crippen LogP contribution is -1.89. The molecule has 16 heavy (non-hydrogen) atoms. The zero-order valence-electron chi connectivity index (χ0n) is 8.44. The number of fused-ring (bicyclic) bond motifs is 1. The van der Waals surface area contributed by atoms with E-state index < -0.39 is 0 Å². The van der Waals surface area contributed by atoms with Crippen molar-refractivity contribution in [2.75, 3.05) is 0 Å². The molecule has 0 aliphatic rings. The monoisotopic (exact) mass is 227 g/mol. The average Bonchev–Trinajstić information content (AvgIpc) is 2.69. The number of nitrogens with one attached hydrogen (secondary N) is 1. The number of aromatic amines is 1. The smallest absolute Gasteiger partial charge is 0.305 e. The maximum absolute atomic E-state index is 11.2. The maximum Gasteiger partial charge on any atom is 0.305 e. The van der Waals surface area contributed by atoms with Crippen molar-refractivity contribution in [3.05, 3.63) is 58.2 Å². The molecule has 0 bridgehead atoms. The minimum absolute atomic E-state index is 0.000196. The fourth-order valence-corrected chi connectivity index (χ4v) is 2.53. The Kier molecular flexibility index (Phi) is 2.11. The van der Waals surface area contributed by atoms with E-state index in [1.807, 2.05) is 36.4 Å². The van der Waals surface area contributed by atoms with Crippen molar-refractivity contribution in [3.8, 4) is 11.1 Å².